The standard InChI is InChI=1S/C15H20FNO3/c1-11(2)17(8-9-20-3)14-6-4-12(10-13(14)16)5-7-15(18)19/h4-7,10-11H,8-9H2,1-3H3,(H,18,19)/b7-5+. The molecule has 110 valence electrons. The second-order valence-electron chi connectivity index (χ2n) is 4.66. The number of ether oxygens (including phenoxy) is 1. The molecule has 0 saturated carbocycles. The van der Waals surface area contributed by atoms with Crippen LogP contribution in [-0.2, 0) is 9.53 Å². The second kappa shape index (κ2) is 7.65. The largest absolute Gasteiger partial charge is 0.478 e. The molecule has 0 saturated heterocycles. The van der Waals surface area contributed by atoms with E-state index in [0.29, 0.717) is 24.4 Å². The van der Waals surface area contributed by atoms with Crippen LogP contribution in [0.15, 0.2) is 24.3 Å². The summed E-state index contributed by atoms with van der Waals surface area (Å²) in [5.74, 6) is -1.43. The molecule has 1 aromatic carbocycles. The number of methoxy groups -OCH3 is 1. The fourth-order valence-electron chi connectivity index (χ4n) is 1.87. The van der Waals surface area contributed by atoms with E-state index >= 15 is 0 Å². The van der Waals surface area contributed by atoms with E-state index in [1.54, 1.807) is 19.2 Å². The smallest absolute Gasteiger partial charge is 0.328 e. The summed E-state index contributed by atoms with van der Waals surface area (Å²) < 4.78 is 19.2. The van der Waals surface area contributed by atoms with Crippen molar-refractivity contribution in [3.63, 3.8) is 0 Å². The number of hydrogen-bond donors (Lipinski definition) is 1. The summed E-state index contributed by atoms with van der Waals surface area (Å²) in [5.41, 5.74) is 1.01. The molecule has 1 N–H and O–H groups in total. The zero-order valence-electron chi connectivity index (χ0n) is 12.0. The van der Waals surface area contributed by atoms with Crippen LogP contribution in [0, 0.1) is 5.82 Å². The van der Waals surface area contributed by atoms with Gasteiger partial charge in [0.25, 0.3) is 0 Å². The lowest BCUT2D eigenvalue weighted by Gasteiger charge is -2.29. The Hall–Kier alpha value is -1.88. The molecule has 0 aliphatic carbocycles. The van der Waals surface area contributed by atoms with Crippen LogP contribution in [0.1, 0.15) is 19.4 Å². The predicted octanol–water partition coefficient (Wildman–Crippen LogP) is 2.78. The molecule has 5 heteroatoms. The molecule has 4 nitrogen and oxygen atoms in total. The van der Waals surface area contributed by atoms with Gasteiger partial charge >= 0.3 is 5.97 Å². The highest BCUT2D eigenvalue weighted by atomic mass is 19.1. The van der Waals surface area contributed by atoms with Crippen LogP contribution in [0.2, 0.25) is 0 Å². The van der Waals surface area contributed by atoms with E-state index in [1.807, 2.05) is 18.7 Å². The molecule has 0 spiro atoms. The third-order valence-corrected chi connectivity index (χ3v) is 2.86. The Balaban J connectivity index is 2.97. The van der Waals surface area contributed by atoms with Crippen LogP contribution in [0.25, 0.3) is 6.08 Å². The van der Waals surface area contributed by atoms with Crippen molar-refractivity contribution in [1.29, 1.82) is 0 Å². The molecule has 0 aliphatic heterocycles. The van der Waals surface area contributed by atoms with Crippen molar-refractivity contribution in [2.24, 2.45) is 0 Å². The fourth-order valence-corrected chi connectivity index (χ4v) is 1.87. The van der Waals surface area contributed by atoms with E-state index in [2.05, 4.69) is 0 Å². The van der Waals surface area contributed by atoms with Gasteiger partial charge in [0.1, 0.15) is 5.82 Å². The maximum atomic E-state index is 14.1. The number of anilines is 1. The highest BCUT2D eigenvalue weighted by molar-refractivity contribution is 5.85. The predicted molar refractivity (Wildman–Crippen MR) is 77.4 cm³/mol. The molecule has 0 amide bonds. The number of rotatable bonds is 7. The molecule has 0 heterocycles. The molecule has 0 aliphatic rings. The number of carboxylic acid groups (broad SMARTS) is 1. The third kappa shape index (κ3) is 4.66. The average molecular weight is 281 g/mol. The molecule has 0 fully saturated rings. The van der Waals surface area contributed by atoms with Gasteiger partial charge in [0.05, 0.1) is 12.3 Å². The fraction of sp³-hybridized carbons (Fsp3) is 0.400. The van der Waals surface area contributed by atoms with Crippen LogP contribution in [0.5, 0.6) is 0 Å². The Labute approximate surface area is 118 Å². The lowest BCUT2D eigenvalue weighted by molar-refractivity contribution is -0.131. The zero-order chi connectivity index (χ0) is 15.1. The number of carbonyl (C=O) groups is 1. The van der Waals surface area contributed by atoms with E-state index in [9.17, 15) is 9.18 Å². The molecule has 0 aromatic heterocycles. The average Bonchev–Trinajstić information content (AvgIpc) is 2.38. The number of aliphatic carboxylic acids is 1. The Bertz CT molecular complexity index is 486. The van der Waals surface area contributed by atoms with E-state index in [0.717, 1.165) is 6.08 Å². The Morgan fingerprint density at radius 3 is 2.70 bits per heavy atom. The van der Waals surface area contributed by atoms with E-state index < -0.39 is 5.97 Å². The second-order valence-corrected chi connectivity index (χ2v) is 4.66. The molecular formula is C15H20FNO3. The molecule has 20 heavy (non-hydrogen) atoms. The quantitative estimate of drug-likeness (QED) is 0.781. The normalized spacial score (nSPS) is 11.2. The van der Waals surface area contributed by atoms with Crippen LogP contribution in [-0.4, -0.2) is 37.4 Å². The number of nitrogens with zero attached hydrogens (tertiary/aromatic N) is 1. The summed E-state index contributed by atoms with van der Waals surface area (Å²) in [7, 11) is 1.61. The van der Waals surface area contributed by atoms with Crippen molar-refractivity contribution in [2.75, 3.05) is 25.2 Å². The third-order valence-electron chi connectivity index (χ3n) is 2.86. The molecule has 0 bridgehead atoms. The van der Waals surface area contributed by atoms with E-state index in [4.69, 9.17) is 9.84 Å². The van der Waals surface area contributed by atoms with Gasteiger partial charge in [-0.25, -0.2) is 9.18 Å². The van der Waals surface area contributed by atoms with Crippen molar-refractivity contribution in [1.82, 2.24) is 0 Å². The Morgan fingerprint density at radius 1 is 1.50 bits per heavy atom. The van der Waals surface area contributed by atoms with Crippen molar-refractivity contribution in [2.45, 2.75) is 19.9 Å². The molecule has 0 radical (unpaired) electrons. The first kappa shape index (κ1) is 16.2. The van der Waals surface area contributed by atoms with Gasteiger partial charge in [-0.2, -0.15) is 0 Å². The van der Waals surface area contributed by atoms with E-state index in [-0.39, 0.29) is 11.9 Å². The van der Waals surface area contributed by atoms with Gasteiger partial charge < -0.3 is 14.7 Å². The number of benzene rings is 1. The van der Waals surface area contributed by atoms with Crippen molar-refractivity contribution < 1.29 is 19.0 Å². The highest BCUT2D eigenvalue weighted by Gasteiger charge is 2.14. The monoisotopic (exact) mass is 281 g/mol. The molecule has 1 rings (SSSR count). The van der Waals surface area contributed by atoms with Gasteiger partial charge in [0, 0.05) is 25.8 Å². The van der Waals surface area contributed by atoms with Crippen molar-refractivity contribution in [3.8, 4) is 0 Å². The molecule has 1 aromatic rings. The van der Waals surface area contributed by atoms with Crippen LogP contribution >= 0.6 is 0 Å². The topological polar surface area (TPSA) is 49.8 Å². The Morgan fingerprint density at radius 2 is 2.20 bits per heavy atom. The number of carboxylic acids is 1. The lowest BCUT2D eigenvalue weighted by atomic mass is 10.1. The van der Waals surface area contributed by atoms with Gasteiger partial charge in [-0.3, -0.25) is 0 Å². The summed E-state index contributed by atoms with van der Waals surface area (Å²) in [4.78, 5) is 12.3. The lowest BCUT2D eigenvalue weighted by Crippen LogP contribution is -2.34. The first-order valence-corrected chi connectivity index (χ1v) is 6.42. The summed E-state index contributed by atoms with van der Waals surface area (Å²) >= 11 is 0. The van der Waals surface area contributed by atoms with E-state index in [1.165, 1.54) is 12.1 Å². The maximum Gasteiger partial charge on any atom is 0.328 e. The number of halogens is 1. The van der Waals surface area contributed by atoms with Gasteiger partial charge in [-0.05, 0) is 37.6 Å². The summed E-state index contributed by atoms with van der Waals surface area (Å²) in [5, 5.41) is 8.55. The SMILES string of the molecule is COCCN(c1ccc(/C=C/C(=O)O)cc1F)C(C)C. The van der Waals surface area contributed by atoms with Gasteiger partial charge in [0.2, 0.25) is 0 Å². The Kier molecular flexibility index (Phi) is 6.18. The first-order valence-electron chi connectivity index (χ1n) is 6.42. The molecular weight excluding hydrogens is 261 g/mol. The van der Waals surface area contributed by atoms with Crippen molar-refractivity contribution >= 4 is 17.7 Å². The summed E-state index contributed by atoms with van der Waals surface area (Å²) in [6.07, 6.45) is 2.35. The minimum Gasteiger partial charge on any atom is -0.478 e. The van der Waals surface area contributed by atoms with Gasteiger partial charge in [-0.15, -0.1) is 0 Å². The van der Waals surface area contributed by atoms with Crippen LogP contribution < -0.4 is 4.90 Å². The number of hydrogen-bond acceptors (Lipinski definition) is 3. The van der Waals surface area contributed by atoms with Crippen molar-refractivity contribution in [3.05, 3.63) is 35.7 Å². The molecule has 0 atom stereocenters. The summed E-state index contributed by atoms with van der Waals surface area (Å²) in [6.45, 7) is 5.06. The minimum absolute atomic E-state index is 0.139. The zero-order valence-corrected chi connectivity index (χ0v) is 12.0. The highest BCUT2D eigenvalue weighted by Crippen LogP contribution is 2.23. The summed E-state index contributed by atoms with van der Waals surface area (Å²) in [6, 6.07) is 4.82. The van der Waals surface area contributed by atoms with Crippen LogP contribution in [0.4, 0.5) is 10.1 Å². The van der Waals surface area contributed by atoms with Gasteiger partial charge in [0.15, 0.2) is 0 Å². The van der Waals surface area contributed by atoms with Crippen LogP contribution in [0.3, 0.4) is 0 Å². The first-order chi connectivity index (χ1) is 9.45. The molecule has 0 unspecified atom stereocenters. The minimum atomic E-state index is -1.06. The maximum absolute atomic E-state index is 14.1. The van der Waals surface area contributed by atoms with Gasteiger partial charge in [-0.1, -0.05) is 6.07 Å².